The molecule has 0 aromatic carbocycles. The lowest BCUT2D eigenvalue weighted by molar-refractivity contribution is -0.135. The van der Waals surface area contributed by atoms with Gasteiger partial charge in [0.25, 0.3) is 0 Å². The Morgan fingerprint density at radius 2 is 2.26 bits per heavy atom. The molecule has 0 unspecified atom stereocenters. The number of nitrogens with zero attached hydrogens (tertiary/aromatic N) is 3. The molecule has 0 fully saturated rings. The van der Waals surface area contributed by atoms with Gasteiger partial charge in [0, 0.05) is 17.3 Å². The molecule has 1 aliphatic rings. The third-order valence-corrected chi connectivity index (χ3v) is 4.81. The summed E-state index contributed by atoms with van der Waals surface area (Å²) in [7, 11) is 0. The average Bonchev–Trinajstić information content (AvgIpc) is 2.76. The van der Waals surface area contributed by atoms with Gasteiger partial charge in [0.05, 0.1) is 11.9 Å². The van der Waals surface area contributed by atoms with E-state index in [-0.39, 0.29) is 11.8 Å². The van der Waals surface area contributed by atoms with Gasteiger partial charge >= 0.3 is 0 Å². The molecule has 0 radical (unpaired) electrons. The van der Waals surface area contributed by atoms with Crippen molar-refractivity contribution in [3.8, 4) is 0 Å². The molecule has 0 saturated heterocycles. The summed E-state index contributed by atoms with van der Waals surface area (Å²) in [6.45, 7) is 5.29. The van der Waals surface area contributed by atoms with E-state index in [2.05, 4.69) is 9.97 Å². The maximum Gasteiger partial charge on any atom is 0.225 e. The molecule has 4 nitrogen and oxygen atoms in total. The normalized spacial score (nSPS) is 15.1. The van der Waals surface area contributed by atoms with Crippen LogP contribution in [0.3, 0.4) is 0 Å². The van der Waals surface area contributed by atoms with Gasteiger partial charge in [-0.3, -0.25) is 4.79 Å². The number of carbonyl (C=O) groups excluding carboxylic acids is 1. The minimum atomic E-state index is 0.0410. The highest BCUT2D eigenvalue weighted by Crippen LogP contribution is 2.37. The molecule has 100 valence electrons. The lowest BCUT2D eigenvalue weighted by atomic mass is 10.0. The van der Waals surface area contributed by atoms with Crippen molar-refractivity contribution < 1.29 is 4.79 Å². The van der Waals surface area contributed by atoms with E-state index in [4.69, 9.17) is 11.6 Å². The Labute approximate surface area is 120 Å². The number of halogens is 1. The fourth-order valence-corrected chi connectivity index (χ4v) is 3.95. The van der Waals surface area contributed by atoms with E-state index in [9.17, 15) is 4.79 Å². The molecule has 2 aromatic heterocycles. The fourth-order valence-electron chi connectivity index (χ4n) is 2.44. The lowest BCUT2D eigenvalue weighted by Crippen LogP contribution is -2.37. The number of rotatable bonds is 1. The summed E-state index contributed by atoms with van der Waals surface area (Å²) in [6, 6.07) is 0. The molecule has 0 N–H and O–H groups in total. The first-order valence-corrected chi connectivity index (χ1v) is 7.47. The molecule has 1 amide bonds. The predicted octanol–water partition coefficient (Wildman–Crippen LogP) is 2.89. The molecule has 3 heterocycles. The molecule has 0 bridgehead atoms. The van der Waals surface area contributed by atoms with E-state index in [0.29, 0.717) is 11.7 Å². The van der Waals surface area contributed by atoms with Gasteiger partial charge in [-0.15, -0.1) is 11.3 Å². The van der Waals surface area contributed by atoms with E-state index < -0.39 is 0 Å². The molecular weight excluding hydrogens is 282 g/mol. The highest BCUT2D eigenvalue weighted by molar-refractivity contribution is 7.19. The van der Waals surface area contributed by atoms with Crippen LogP contribution in [0.4, 0.5) is 0 Å². The third kappa shape index (κ3) is 2.11. The molecule has 0 saturated carbocycles. The van der Waals surface area contributed by atoms with Crippen LogP contribution in [0.15, 0.2) is 6.33 Å². The summed E-state index contributed by atoms with van der Waals surface area (Å²) in [4.78, 5) is 24.4. The highest BCUT2D eigenvalue weighted by atomic mass is 35.5. The lowest BCUT2D eigenvalue weighted by Gasteiger charge is -2.28. The molecule has 1 aliphatic heterocycles. The van der Waals surface area contributed by atoms with Gasteiger partial charge in [0.2, 0.25) is 5.91 Å². The Bertz CT molecular complexity index is 653. The number of amides is 1. The van der Waals surface area contributed by atoms with Crippen LogP contribution >= 0.6 is 22.9 Å². The average molecular weight is 296 g/mol. The van der Waals surface area contributed by atoms with Crippen molar-refractivity contribution in [2.75, 3.05) is 6.54 Å². The minimum Gasteiger partial charge on any atom is -0.337 e. The smallest absolute Gasteiger partial charge is 0.225 e. The molecule has 19 heavy (non-hydrogen) atoms. The van der Waals surface area contributed by atoms with Gasteiger partial charge in [0.1, 0.15) is 16.3 Å². The first-order chi connectivity index (χ1) is 9.08. The van der Waals surface area contributed by atoms with E-state index in [1.807, 2.05) is 18.7 Å². The number of thiophene rings is 1. The van der Waals surface area contributed by atoms with Crippen LogP contribution in [-0.4, -0.2) is 27.3 Å². The van der Waals surface area contributed by atoms with Gasteiger partial charge in [-0.05, 0) is 12.0 Å². The third-order valence-electron chi connectivity index (χ3n) is 3.40. The van der Waals surface area contributed by atoms with E-state index >= 15 is 0 Å². The van der Waals surface area contributed by atoms with Crippen LogP contribution in [-0.2, 0) is 17.8 Å². The van der Waals surface area contributed by atoms with Crippen LogP contribution in [0.25, 0.3) is 10.2 Å². The molecule has 2 aromatic rings. The van der Waals surface area contributed by atoms with E-state index in [1.54, 1.807) is 11.3 Å². The Hall–Kier alpha value is -1.20. The number of hydrogen-bond acceptors (Lipinski definition) is 4. The van der Waals surface area contributed by atoms with Crippen molar-refractivity contribution in [1.82, 2.24) is 14.9 Å². The molecular formula is C13H14ClN3OS. The summed E-state index contributed by atoms with van der Waals surface area (Å²) in [5, 5.41) is 1.49. The first kappa shape index (κ1) is 12.8. The van der Waals surface area contributed by atoms with Crippen molar-refractivity contribution in [3.05, 3.63) is 21.9 Å². The maximum absolute atomic E-state index is 12.1. The Morgan fingerprint density at radius 1 is 1.47 bits per heavy atom. The Morgan fingerprint density at radius 3 is 3.00 bits per heavy atom. The Balaban J connectivity index is 2.01. The second kappa shape index (κ2) is 4.72. The fraction of sp³-hybridized carbons (Fsp3) is 0.462. The zero-order chi connectivity index (χ0) is 13.6. The first-order valence-electron chi connectivity index (χ1n) is 6.27. The van der Waals surface area contributed by atoms with Gasteiger partial charge in [-0.2, -0.15) is 0 Å². The molecule has 0 spiro atoms. The quantitative estimate of drug-likeness (QED) is 0.760. The van der Waals surface area contributed by atoms with Crippen LogP contribution in [0.1, 0.15) is 24.3 Å². The molecule has 0 atom stereocenters. The topological polar surface area (TPSA) is 46.1 Å². The largest absolute Gasteiger partial charge is 0.337 e. The number of aromatic nitrogens is 2. The maximum atomic E-state index is 12.1. The van der Waals surface area contributed by atoms with Gasteiger partial charge < -0.3 is 4.90 Å². The highest BCUT2D eigenvalue weighted by Gasteiger charge is 2.26. The van der Waals surface area contributed by atoms with Crippen LogP contribution in [0.2, 0.25) is 5.15 Å². The SMILES string of the molecule is CC(C)C(=O)N1CCc2c(sc3ncnc(Cl)c23)C1. The van der Waals surface area contributed by atoms with E-state index in [0.717, 1.165) is 23.2 Å². The summed E-state index contributed by atoms with van der Waals surface area (Å²) in [5.41, 5.74) is 1.22. The van der Waals surface area contributed by atoms with Crippen LogP contribution in [0, 0.1) is 5.92 Å². The number of hydrogen-bond donors (Lipinski definition) is 0. The summed E-state index contributed by atoms with van der Waals surface area (Å²) >= 11 is 7.78. The van der Waals surface area contributed by atoms with Gasteiger partial charge in [-0.25, -0.2) is 9.97 Å². The van der Waals surface area contributed by atoms with Crippen molar-refractivity contribution in [3.63, 3.8) is 0 Å². The van der Waals surface area contributed by atoms with Crippen LogP contribution < -0.4 is 0 Å². The molecule has 0 aliphatic carbocycles. The van der Waals surface area contributed by atoms with Crippen molar-refractivity contribution >= 4 is 39.1 Å². The van der Waals surface area contributed by atoms with Gasteiger partial charge in [0.15, 0.2) is 0 Å². The van der Waals surface area contributed by atoms with Gasteiger partial charge in [-0.1, -0.05) is 25.4 Å². The zero-order valence-corrected chi connectivity index (χ0v) is 12.4. The second-order valence-electron chi connectivity index (χ2n) is 5.01. The van der Waals surface area contributed by atoms with Crippen molar-refractivity contribution in [2.45, 2.75) is 26.8 Å². The van der Waals surface area contributed by atoms with Crippen molar-refractivity contribution in [2.24, 2.45) is 5.92 Å². The monoisotopic (exact) mass is 295 g/mol. The summed E-state index contributed by atoms with van der Waals surface area (Å²) < 4.78 is 0. The van der Waals surface area contributed by atoms with E-state index in [1.165, 1.54) is 16.8 Å². The molecule has 3 rings (SSSR count). The minimum absolute atomic E-state index is 0.0410. The van der Waals surface area contributed by atoms with Crippen molar-refractivity contribution in [1.29, 1.82) is 0 Å². The number of fused-ring (bicyclic) bond motifs is 3. The summed E-state index contributed by atoms with van der Waals surface area (Å²) in [5.74, 6) is 0.250. The Kier molecular flexibility index (Phi) is 3.19. The van der Waals surface area contributed by atoms with Crippen LogP contribution in [0.5, 0.6) is 0 Å². The summed E-state index contributed by atoms with van der Waals surface area (Å²) in [6.07, 6.45) is 2.32. The zero-order valence-electron chi connectivity index (χ0n) is 10.8. The molecule has 6 heteroatoms. The predicted molar refractivity (Wildman–Crippen MR) is 76.4 cm³/mol. The second-order valence-corrected chi connectivity index (χ2v) is 6.45. The number of carbonyl (C=O) groups is 1. The standard InChI is InChI=1S/C13H14ClN3OS/c1-7(2)13(18)17-4-3-8-9(5-17)19-12-10(8)11(14)15-6-16-12/h6-7H,3-5H2,1-2H3.